The first-order valence-electron chi connectivity index (χ1n) is 6.41. The summed E-state index contributed by atoms with van der Waals surface area (Å²) in [6.07, 6.45) is 2.17. The zero-order chi connectivity index (χ0) is 13.8. The van der Waals surface area contributed by atoms with E-state index in [0.717, 1.165) is 0 Å². The summed E-state index contributed by atoms with van der Waals surface area (Å²) in [5.74, 6) is 0.450. The zero-order valence-electron chi connectivity index (χ0n) is 11.1. The van der Waals surface area contributed by atoms with Crippen molar-refractivity contribution in [2.75, 3.05) is 13.1 Å². The van der Waals surface area contributed by atoms with Crippen molar-refractivity contribution in [3.8, 4) is 0 Å². The van der Waals surface area contributed by atoms with E-state index < -0.39 is 6.04 Å². The van der Waals surface area contributed by atoms with Gasteiger partial charge in [0.15, 0.2) is 6.33 Å². The number of nitrogens with zero attached hydrogens (tertiary/aromatic N) is 3. The molecular weight excluding hydrogens is 248 g/mol. The van der Waals surface area contributed by atoms with Gasteiger partial charge in [0.25, 0.3) is 0 Å². The highest BCUT2D eigenvalue weighted by Gasteiger charge is 2.31. The van der Waals surface area contributed by atoms with E-state index in [1.165, 1.54) is 6.33 Å². The summed E-state index contributed by atoms with van der Waals surface area (Å²) in [7, 11) is 0. The van der Waals surface area contributed by atoms with Crippen LogP contribution in [0.25, 0.3) is 0 Å². The van der Waals surface area contributed by atoms with Crippen molar-refractivity contribution < 1.29 is 14.1 Å². The molecule has 1 N–H and O–H groups in total. The Hall–Kier alpha value is -1.92. The van der Waals surface area contributed by atoms with Crippen LogP contribution in [0, 0.1) is 5.92 Å². The third kappa shape index (κ3) is 3.30. The van der Waals surface area contributed by atoms with Crippen LogP contribution in [0.3, 0.4) is 0 Å². The molecule has 1 atom stereocenters. The molecule has 0 aromatic carbocycles. The number of hydrogen-bond donors (Lipinski definition) is 1. The number of hydrogen-bond acceptors (Lipinski definition) is 5. The molecule has 1 unspecified atom stereocenters. The molecule has 7 nitrogen and oxygen atoms in total. The second kappa shape index (κ2) is 5.81. The Balaban J connectivity index is 2.01. The van der Waals surface area contributed by atoms with Crippen molar-refractivity contribution in [1.29, 1.82) is 0 Å². The second-order valence-electron chi connectivity index (χ2n) is 4.95. The molecule has 0 bridgehead atoms. The largest absolute Gasteiger partial charge is 0.344 e. The van der Waals surface area contributed by atoms with Crippen LogP contribution in [0.15, 0.2) is 10.9 Å². The number of carbonyl (C=O) groups excluding carboxylic acids is 2. The molecular formula is C12H18N4O3. The normalized spacial score (nSPS) is 20.6. The van der Waals surface area contributed by atoms with E-state index in [0.29, 0.717) is 31.8 Å². The Morgan fingerprint density at radius 3 is 2.95 bits per heavy atom. The van der Waals surface area contributed by atoms with Crippen molar-refractivity contribution >= 4 is 11.8 Å². The molecule has 0 spiro atoms. The first-order chi connectivity index (χ1) is 9.08. The molecule has 1 aliphatic rings. The lowest BCUT2D eigenvalue weighted by atomic mass is 10.0. The van der Waals surface area contributed by atoms with Gasteiger partial charge in [-0.3, -0.25) is 9.59 Å². The van der Waals surface area contributed by atoms with Crippen LogP contribution in [0.2, 0.25) is 0 Å². The fraction of sp³-hybridized carbons (Fsp3) is 0.667. The van der Waals surface area contributed by atoms with Crippen LogP contribution >= 0.6 is 0 Å². The Morgan fingerprint density at radius 1 is 1.53 bits per heavy atom. The minimum Gasteiger partial charge on any atom is -0.344 e. The summed E-state index contributed by atoms with van der Waals surface area (Å²) in [6, 6.07) is -0.447. The second-order valence-corrected chi connectivity index (χ2v) is 4.95. The number of nitrogens with one attached hydrogen (secondary N) is 1. The predicted molar refractivity (Wildman–Crippen MR) is 66.0 cm³/mol. The van der Waals surface area contributed by atoms with Gasteiger partial charge in [-0.2, -0.15) is 4.98 Å². The Labute approximate surface area is 111 Å². The summed E-state index contributed by atoms with van der Waals surface area (Å²) in [5.41, 5.74) is 0. The van der Waals surface area contributed by atoms with Gasteiger partial charge in [-0.05, 0) is 5.92 Å². The molecule has 7 heteroatoms. The molecule has 2 amide bonds. The molecule has 0 radical (unpaired) electrons. The van der Waals surface area contributed by atoms with Gasteiger partial charge in [0.2, 0.25) is 17.7 Å². The van der Waals surface area contributed by atoms with Crippen LogP contribution in [0.5, 0.6) is 0 Å². The van der Waals surface area contributed by atoms with Gasteiger partial charge in [-0.15, -0.1) is 0 Å². The van der Waals surface area contributed by atoms with E-state index in [-0.39, 0.29) is 17.7 Å². The minimum absolute atomic E-state index is 0.0413. The molecule has 1 aromatic heterocycles. The van der Waals surface area contributed by atoms with Gasteiger partial charge in [0, 0.05) is 25.9 Å². The standard InChI is InChI=1S/C12H18N4O3/c1-8(2)11-12(18)16(5-3-9(17)15-11)6-4-10-13-7-14-19-10/h7-8,11H,3-6H2,1-2H3,(H,15,17). The maximum atomic E-state index is 12.3. The Bertz CT molecular complexity index is 444. The van der Waals surface area contributed by atoms with Crippen LogP contribution < -0.4 is 5.32 Å². The third-order valence-corrected chi connectivity index (χ3v) is 3.17. The molecule has 1 aliphatic heterocycles. The number of aromatic nitrogens is 2. The van der Waals surface area contributed by atoms with Gasteiger partial charge >= 0.3 is 0 Å². The zero-order valence-corrected chi connectivity index (χ0v) is 11.1. The minimum atomic E-state index is -0.447. The van der Waals surface area contributed by atoms with Gasteiger partial charge in [0.1, 0.15) is 6.04 Å². The number of carbonyl (C=O) groups is 2. The average molecular weight is 266 g/mol. The van der Waals surface area contributed by atoms with E-state index >= 15 is 0 Å². The number of rotatable bonds is 4. The van der Waals surface area contributed by atoms with E-state index in [2.05, 4.69) is 15.5 Å². The van der Waals surface area contributed by atoms with Crippen molar-refractivity contribution in [3.63, 3.8) is 0 Å². The van der Waals surface area contributed by atoms with Crippen molar-refractivity contribution in [3.05, 3.63) is 12.2 Å². The highest BCUT2D eigenvalue weighted by molar-refractivity contribution is 5.90. The van der Waals surface area contributed by atoms with E-state index in [1.807, 2.05) is 13.8 Å². The van der Waals surface area contributed by atoms with Gasteiger partial charge < -0.3 is 14.7 Å². The fourth-order valence-electron chi connectivity index (χ4n) is 2.06. The quantitative estimate of drug-likeness (QED) is 0.827. The number of amides is 2. The monoisotopic (exact) mass is 266 g/mol. The highest BCUT2D eigenvalue weighted by Crippen LogP contribution is 2.11. The molecule has 0 aliphatic carbocycles. The molecule has 2 rings (SSSR count). The first-order valence-corrected chi connectivity index (χ1v) is 6.41. The highest BCUT2D eigenvalue weighted by atomic mass is 16.5. The maximum absolute atomic E-state index is 12.3. The average Bonchev–Trinajstić information content (AvgIpc) is 2.83. The summed E-state index contributed by atoms with van der Waals surface area (Å²) < 4.78 is 4.90. The smallest absolute Gasteiger partial charge is 0.245 e. The van der Waals surface area contributed by atoms with Gasteiger partial charge in [-0.1, -0.05) is 19.0 Å². The van der Waals surface area contributed by atoms with Gasteiger partial charge in [-0.25, -0.2) is 0 Å². The van der Waals surface area contributed by atoms with Crippen LogP contribution in [0.1, 0.15) is 26.2 Å². The van der Waals surface area contributed by atoms with Crippen LogP contribution in [-0.4, -0.2) is 46.0 Å². The van der Waals surface area contributed by atoms with E-state index in [9.17, 15) is 9.59 Å². The lowest BCUT2D eigenvalue weighted by Gasteiger charge is -2.25. The maximum Gasteiger partial charge on any atom is 0.245 e. The van der Waals surface area contributed by atoms with E-state index in [1.54, 1.807) is 4.90 Å². The fourth-order valence-corrected chi connectivity index (χ4v) is 2.06. The molecule has 2 heterocycles. The molecule has 104 valence electrons. The van der Waals surface area contributed by atoms with E-state index in [4.69, 9.17) is 4.52 Å². The Kier molecular flexibility index (Phi) is 4.13. The van der Waals surface area contributed by atoms with Crippen molar-refractivity contribution in [2.24, 2.45) is 5.92 Å². The molecule has 0 saturated carbocycles. The third-order valence-electron chi connectivity index (χ3n) is 3.17. The molecule has 1 aromatic rings. The topological polar surface area (TPSA) is 88.3 Å². The molecule has 1 saturated heterocycles. The van der Waals surface area contributed by atoms with Gasteiger partial charge in [0.05, 0.1) is 0 Å². The lowest BCUT2D eigenvalue weighted by Crippen LogP contribution is -2.48. The Morgan fingerprint density at radius 2 is 2.32 bits per heavy atom. The summed E-state index contributed by atoms with van der Waals surface area (Å²) in [4.78, 5) is 29.5. The lowest BCUT2D eigenvalue weighted by molar-refractivity contribution is -0.134. The summed E-state index contributed by atoms with van der Waals surface area (Å²) >= 11 is 0. The molecule has 1 fully saturated rings. The van der Waals surface area contributed by atoms with Crippen molar-refractivity contribution in [2.45, 2.75) is 32.7 Å². The summed E-state index contributed by atoms with van der Waals surface area (Å²) in [5, 5.41) is 6.29. The molecule has 19 heavy (non-hydrogen) atoms. The van der Waals surface area contributed by atoms with Crippen LogP contribution in [0.4, 0.5) is 0 Å². The first kappa shape index (κ1) is 13.5. The van der Waals surface area contributed by atoms with Crippen molar-refractivity contribution in [1.82, 2.24) is 20.4 Å². The SMILES string of the molecule is CC(C)C1NC(=O)CCN(CCc2ncno2)C1=O. The summed E-state index contributed by atoms with van der Waals surface area (Å²) in [6.45, 7) is 4.76. The van der Waals surface area contributed by atoms with Crippen LogP contribution in [-0.2, 0) is 16.0 Å². The predicted octanol–water partition coefficient (Wildman–Crippen LogP) is -0.0148.